The number of esters is 2. The van der Waals surface area contributed by atoms with Crippen molar-refractivity contribution in [1.29, 1.82) is 0 Å². The van der Waals surface area contributed by atoms with E-state index >= 15 is 0 Å². The molecule has 6 atom stereocenters. The summed E-state index contributed by atoms with van der Waals surface area (Å²) in [6.07, 6.45) is 0.653. The van der Waals surface area contributed by atoms with Gasteiger partial charge in [0.05, 0.1) is 16.7 Å². The standard InChI is InChI=1S/C19H20BrNO5/c1-8-3-4-12(9(2)5-8)21-13(22)7-25-18(23)14-10-6-11-15(14)19(24)26-17(11)16(10)20/h3-5,10-11,14-17H,6-7H2,1-2H3,(H,21,22)/t10-,11-,14-,15-,16-,17+/m1/s1. The normalized spacial score (nSPS) is 33.9. The maximum atomic E-state index is 12.6. The highest BCUT2D eigenvalue weighted by Crippen LogP contribution is 2.60. The Labute approximate surface area is 159 Å². The van der Waals surface area contributed by atoms with Crippen molar-refractivity contribution >= 4 is 39.5 Å². The van der Waals surface area contributed by atoms with E-state index < -0.39 is 23.7 Å². The molecule has 3 aliphatic rings. The van der Waals surface area contributed by atoms with Crippen molar-refractivity contribution in [3.63, 3.8) is 0 Å². The van der Waals surface area contributed by atoms with Gasteiger partial charge in [0.1, 0.15) is 6.10 Å². The van der Waals surface area contributed by atoms with Gasteiger partial charge in [-0.15, -0.1) is 0 Å². The monoisotopic (exact) mass is 421 g/mol. The number of carbonyl (C=O) groups is 3. The van der Waals surface area contributed by atoms with Gasteiger partial charge in [-0.2, -0.15) is 0 Å². The lowest BCUT2D eigenvalue weighted by Gasteiger charge is -2.26. The fourth-order valence-corrected chi connectivity index (χ4v) is 5.71. The fraction of sp³-hybridized carbons (Fsp3) is 0.526. The molecular weight excluding hydrogens is 402 g/mol. The SMILES string of the molecule is Cc1ccc(NC(=O)COC(=O)[C@@H]2[C@H]3C[C@H]4[C@H](OC(=O)[C@H]42)[C@@H]3Br)c(C)c1. The van der Waals surface area contributed by atoms with E-state index in [0.717, 1.165) is 17.5 Å². The van der Waals surface area contributed by atoms with E-state index in [1.54, 1.807) is 0 Å². The highest BCUT2D eigenvalue weighted by molar-refractivity contribution is 9.09. The second kappa shape index (κ2) is 6.37. The van der Waals surface area contributed by atoms with Gasteiger partial charge in [0, 0.05) is 11.6 Å². The summed E-state index contributed by atoms with van der Waals surface area (Å²) in [6, 6.07) is 5.70. The number of fused-ring (bicyclic) bond motifs is 1. The zero-order valence-electron chi connectivity index (χ0n) is 14.5. The lowest BCUT2D eigenvalue weighted by Crippen LogP contribution is -2.39. The predicted octanol–water partition coefficient (Wildman–Crippen LogP) is 2.36. The number of hydrogen-bond acceptors (Lipinski definition) is 5. The van der Waals surface area contributed by atoms with Gasteiger partial charge in [-0.05, 0) is 37.8 Å². The number of amides is 1. The second-order valence-corrected chi connectivity index (χ2v) is 8.49. The molecule has 7 heteroatoms. The Hall–Kier alpha value is -1.89. The van der Waals surface area contributed by atoms with Crippen molar-refractivity contribution in [2.45, 2.75) is 31.2 Å². The van der Waals surface area contributed by atoms with Gasteiger partial charge >= 0.3 is 11.9 Å². The van der Waals surface area contributed by atoms with Crippen molar-refractivity contribution < 1.29 is 23.9 Å². The van der Waals surface area contributed by atoms with Crippen molar-refractivity contribution in [2.24, 2.45) is 23.7 Å². The molecule has 2 saturated carbocycles. The van der Waals surface area contributed by atoms with E-state index in [4.69, 9.17) is 9.47 Å². The van der Waals surface area contributed by atoms with Crippen LogP contribution in [-0.4, -0.2) is 35.4 Å². The Kier molecular flexibility index (Phi) is 4.29. The number of carbonyl (C=O) groups excluding carboxylic acids is 3. The van der Waals surface area contributed by atoms with Crippen molar-refractivity contribution in [1.82, 2.24) is 0 Å². The molecule has 0 spiro atoms. The minimum absolute atomic E-state index is 0.0169. The smallest absolute Gasteiger partial charge is 0.310 e. The van der Waals surface area contributed by atoms with Crippen LogP contribution in [0.2, 0.25) is 0 Å². The van der Waals surface area contributed by atoms with E-state index in [0.29, 0.717) is 5.69 Å². The quantitative estimate of drug-likeness (QED) is 0.595. The first-order valence-corrected chi connectivity index (χ1v) is 9.66. The van der Waals surface area contributed by atoms with Gasteiger partial charge in [0.2, 0.25) is 0 Å². The maximum Gasteiger partial charge on any atom is 0.310 e. The molecule has 1 amide bonds. The first kappa shape index (κ1) is 17.5. The van der Waals surface area contributed by atoms with Crippen LogP contribution in [0.5, 0.6) is 0 Å². The van der Waals surface area contributed by atoms with Crippen molar-refractivity contribution in [3.8, 4) is 0 Å². The van der Waals surface area contributed by atoms with E-state index in [1.165, 1.54) is 0 Å². The molecule has 2 aliphatic carbocycles. The number of alkyl halides is 1. The number of ether oxygens (including phenoxy) is 2. The number of hydrogen-bond donors (Lipinski definition) is 1. The van der Waals surface area contributed by atoms with Gasteiger partial charge < -0.3 is 14.8 Å². The molecule has 1 saturated heterocycles. The third-order valence-corrected chi connectivity index (χ3v) is 7.00. The number of aryl methyl sites for hydroxylation is 2. The molecule has 138 valence electrons. The summed E-state index contributed by atoms with van der Waals surface area (Å²) in [6.45, 7) is 3.52. The molecule has 0 aromatic heterocycles. The van der Waals surface area contributed by atoms with Gasteiger partial charge in [0.15, 0.2) is 6.61 Å². The molecule has 0 radical (unpaired) electrons. The first-order chi connectivity index (χ1) is 12.4. The van der Waals surface area contributed by atoms with E-state index in [9.17, 15) is 14.4 Å². The highest BCUT2D eigenvalue weighted by Gasteiger charge is 2.68. The average molecular weight is 422 g/mol. The molecule has 6 nitrogen and oxygen atoms in total. The van der Waals surface area contributed by atoms with E-state index in [2.05, 4.69) is 21.2 Å². The third-order valence-electron chi connectivity index (χ3n) is 5.80. The minimum Gasteiger partial charge on any atom is -0.461 e. The van der Waals surface area contributed by atoms with Crippen LogP contribution >= 0.6 is 15.9 Å². The zero-order valence-corrected chi connectivity index (χ0v) is 16.1. The highest BCUT2D eigenvalue weighted by atomic mass is 79.9. The largest absolute Gasteiger partial charge is 0.461 e. The van der Waals surface area contributed by atoms with Gasteiger partial charge in [0.25, 0.3) is 5.91 Å². The molecule has 1 aromatic rings. The number of halogens is 1. The lowest BCUT2D eigenvalue weighted by molar-refractivity contribution is -0.157. The van der Waals surface area contributed by atoms with E-state index in [-0.39, 0.29) is 35.3 Å². The van der Waals surface area contributed by atoms with Crippen LogP contribution in [0.15, 0.2) is 18.2 Å². The second-order valence-electron chi connectivity index (χ2n) is 7.44. The van der Waals surface area contributed by atoms with Crippen LogP contribution < -0.4 is 5.32 Å². The molecular formula is C19H20BrNO5. The molecule has 1 N–H and O–H groups in total. The zero-order chi connectivity index (χ0) is 18.6. The summed E-state index contributed by atoms with van der Waals surface area (Å²) >= 11 is 3.56. The number of anilines is 1. The molecule has 2 bridgehead atoms. The lowest BCUT2D eigenvalue weighted by atomic mass is 9.80. The topological polar surface area (TPSA) is 81.7 Å². The first-order valence-electron chi connectivity index (χ1n) is 8.75. The summed E-state index contributed by atoms with van der Waals surface area (Å²) in [5.41, 5.74) is 2.74. The van der Waals surface area contributed by atoms with Gasteiger partial charge in [-0.1, -0.05) is 33.6 Å². The molecule has 1 heterocycles. The third kappa shape index (κ3) is 2.73. The molecule has 1 aliphatic heterocycles. The average Bonchev–Trinajstić information content (AvgIpc) is 3.19. The maximum absolute atomic E-state index is 12.6. The van der Waals surface area contributed by atoms with Crippen LogP contribution in [0.3, 0.4) is 0 Å². The van der Waals surface area contributed by atoms with Crippen LogP contribution in [0.25, 0.3) is 0 Å². The fourth-order valence-electron chi connectivity index (χ4n) is 4.67. The Morgan fingerprint density at radius 3 is 2.81 bits per heavy atom. The molecule has 26 heavy (non-hydrogen) atoms. The summed E-state index contributed by atoms with van der Waals surface area (Å²) in [5, 5.41) is 2.75. The number of nitrogens with one attached hydrogen (secondary N) is 1. The van der Waals surface area contributed by atoms with Crippen molar-refractivity contribution in [2.75, 3.05) is 11.9 Å². The van der Waals surface area contributed by atoms with Gasteiger partial charge in [-0.25, -0.2) is 0 Å². The van der Waals surface area contributed by atoms with E-state index in [1.807, 2.05) is 32.0 Å². The number of rotatable bonds is 4. The van der Waals surface area contributed by atoms with Crippen LogP contribution in [0.1, 0.15) is 17.5 Å². The van der Waals surface area contributed by atoms with Crippen LogP contribution in [0.4, 0.5) is 5.69 Å². The molecule has 0 unspecified atom stereocenters. The Balaban J connectivity index is 1.37. The summed E-state index contributed by atoms with van der Waals surface area (Å²) in [5.74, 6) is -2.03. The molecule has 1 aromatic carbocycles. The molecule has 3 fully saturated rings. The van der Waals surface area contributed by atoms with Crippen LogP contribution in [-0.2, 0) is 23.9 Å². The number of benzene rings is 1. The van der Waals surface area contributed by atoms with Crippen LogP contribution in [0, 0.1) is 37.5 Å². The van der Waals surface area contributed by atoms with Gasteiger partial charge in [-0.3, -0.25) is 14.4 Å². The van der Waals surface area contributed by atoms with Crippen molar-refractivity contribution in [3.05, 3.63) is 29.3 Å². The Morgan fingerprint density at radius 2 is 2.08 bits per heavy atom. The predicted molar refractivity (Wildman–Crippen MR) is 96.7 cm³/mol. The molecule has 4 rings (SSSR count). The summed E-state index contributed by atoms with van der Waals surface area (Å²) < 4.78 is 10.6. The summed E-state index contributed by atoms with van der Waals surface area (Å²) in [7, 11) is 0. The Morgan fingerprint density at radius 1 is 1.31 bits per heavy atom. The minimum atomic E-state index is -0.524. The summed E-state index contributed by atoms with van der Waals surface area (Å²) in [4.78, 5) is 36.7. The Bertz CT molecular complexity index is 794.